The number of rotatable bonds is 7. The summed E-state index contributed by atoms with van der Waals surface area (Å²) in [6.07, 6.45) is 8.47. The number of hydrogen-bond donors (Lipinski definition) is 1. The maximum atomic E-state index is 12.0. The molecule has 1 amide bonds. The molecule has 106 valence electrons. The van der Waals surface area contributed by atoms with Crippen molar-refractivity contribution in [1.82, 2.24) is 4.90 Å². The first-order valence-corrected chi connectivity index (χ1v) is 7.61. The average Bonchev–Trinajstić information content (AvgIpc) is 2.38. The topological polar surface area (TPSA) is 40.5 Å². The quantitative estimate of drug-likeness (QED) is 0.711. The van der Waals surface area contributed by atoms with Crippen molar-refractivity contribution in [2.75, 3.05) is 13.1 Å². The summed E-state index contributed by atoms with van der Waals surface area (Å²) in [5.74, 6) is 0.569. The molecule has 1 N–H and O–H groups in total. The molecule has 3 heteroatoms. The van der Waals surface area contributed by atoms with Crippen LogP contribution in [0.2, 0.25) is 0 Å². The van der Waals surface area contributed by atoms with Crippen molar-refractivity contribution < 1.29 is 9.90 Å². The summed E-state index contributed by atoms with van der Waals surface area (Å²) >= 11 is 0. The van der Waals surface area contributed by atoms with Crippen molar-refractivity contribution in [3.05, 3.63) is 0 Å². The smallest absolute Gasteiger partial charge is 0.222 e. The fourth-order valence-electron chi connectivity index (χ4n) is 2.67. The minimum atomic E-state index is -0.287. The van der Waals surface area contributed by atoms with E-state index in [1.165, 1.54) is 25.7 Å². The fourth-order valence-corrected chi connectivity index (χ4v) is 2.67. The van der Waals surface area contributed by atoms with Crippen molar-refractivity contribution in [3.8, 4) is 0 Å². The summed E-state index contributed by atoms with van der Waals surface area (Å²) in [5, 5.41) is 9.61. The SMILES string of the molecule is CCCCCCCC(=O)N1CCCC(C(C)O)C1. The summed E-state index contributed by atoms with van der Waals surface area (Å²) in [4.78, 5) is 14.0. The first-order valence-electron chi connectivity index (χ1n) is 7.61. The van der Waals surface area contributed by atoms with Crippen LogP contribution in [0.25, 0.3) is 0 Å². The van der Waals surface area contributed by atoms with Crippen LogP contribution in [-0.2, 0) is 4.79 Å². The Labute approximate surface area is 112 Å². The van der Waals surface area contributed by atoms with E-state index in [-0.39, 0.29) is 17.9 Å². The van der Waals surface area contributed by atoms with Gasteiger partial charge in [0.05, 0.1) is 6.10 Å². The molecule has 1 heterocycles. The van der Waals surface area contributed by atoms with Gasteiger partial charge < -0.3 is 10.0 Å². The highest BCUT2D eigenvalue weighted by atomic mass is 16.3. The van der Waals surface area contributed by atoms with E-state index in [0.717, 1.165) is 32.4 Å². The molecule has 0 aromatic heterocycles. The Morgan fingerprint density at radius 1 is 1.33 bits per heavy atom. The van der Waals surface area contributed by atoms with Crippen LogP contribution < -0.4 is 0 Å². The Hall–Kier alpha value is -0.570. The van der Waals surface area contributed by atoms with Crippen LogP contribution in [-0.4, -0.2) is 35.1 Å². The van der Waals surface area contributed by atoms with Crippen LogP contribution in [0, 0.1) is 5.92 Å². The highest BCUT2D eigenvalue weighted by molar-refractivity contribution is 5.76. The largest absolute Gasteiger partial charge is 0.393 e. The zero-order valence-electron chi connectivity index (χ0n) is 12.0. The zero-order valence-corrected chi connectivity index (χ0v) is 12.0. The lowest BCUT2D eigenvalue weighted by Gasteiger charge is -2.34. The molecule has 1 saturated heterocycles. The zero-order chi connectivity index (χ0) is 13.4. The van der Waals surface area contributed by atoms with Gasteiger partial charge in [-0.15, -0.1) is 0 Å². The van der Waals surface area contributed by atoms with Gasteiger partial charge in [0, 0.05) is 25.4 Å². The third-order valence-electron chi connectivity index (χ3n) is 3.99. The Kier molecular flexibility index (Phi) is 7.33. The summed E-state index contributed by atoms with van der Waals surface area (Å²) in [6, 6.07) is 0. The fraction of sp³-hybridized carbons (Fsp3) is 0.933. The van der Waals surface area contributed by atoms with Crippen LogP contribution in [0.5, 0.6) is 0 Å². The highest BCUT2D eigenvalue weighted by Crippen LogP contribution is 2.20. The number of carbonyl (C=O) groups excluding carboxylic acids is 1. The van der Waals surface area contributed by atoms with Gasteiger partial charge in [0.15, 0.2) is 0 Å². The van der Waals surface area contributed by atoms with Crippen molar-refractivity contribution >= 4 is 5.91 Å². The predicted molar refractivity (Wildman–Crippen MR) is 74.4 cm³/mol. The third-order valence-corrected chi connectivity index (χ3v) is 3.99. The molecule has 1 fully saturated rings. The van der Waals surface area contributed by atoms with Gasteiger partial charge in [-0.05, 0) is 26.2 Å². The van der Waals surface area contributed by atoms with Crippen LogP contribution in [0.4, 0.5) is 0 Å². The number of likely N-dealkylation sites (tertiary alicyclic amines) is 1. The van der Waals surface area contributed by atoms with Gasteiger partial charge in [-0.1, -0.05) is 32.6 Å². The number of aliphatic hydroxyl groups is 1. The predicted octanol–water partition coefficient (Wildman–Crippen LogP) is 2.97. The van der Waals surface area contributed by atoms with Crippen LogP contribution in [0.15, 0.2) is 0 Å². The molecule has 2 atom stereocenters. The molecule has 0 saturated carbocycles. The molecule has 2 unspecified atom stereocenters. The first-order chi connectivity index (χ1) is 8.65. The summed E-state index contributed by atoms with van der Waals surface area (Å²) in [5.41, 5.74) is 0. The number of nitrogens with zero attached hydrogens (tertiary/aromatic N) is 1. The van der Waals surface area contributed by atoms with Crippen LogP contribution in [0.3, 0.4) is 0 Å². The molecular formula is C15H29NO2. The molecule has 0 aromatic rings. The number of unbranched alkanes of at least 4 members (excludes halogenated alkanes) is 4. The maximum Gasteiger partial charge on any atom is 0.222 e. The summed E-state index contributed by atoms with van der Waals surface area (Å²) in [6.45, 7) is 5.68. The van der Waals surface area contributed by atoms with Gasteiger partial charge >= 0.3 is 0 Å². The number of aliphatic hydroxyl groups excluding tert-OH is 1. The van der Waals surface area contributed by atoms with Crippen molar-refractivity contribution in [2.45, 2.75) is 71.3 Å². The lowest BCUT2D eigenvalue weighted by Crippen LogP contribution is -2.42. The number of piperidine rings is 1. The van der Waals surface area contributed by atoms with Gasteiger partial charge in [-0.25, -0.2) is 0 Å². The lowest BCUT2D eigenvalue weighted by molar-refractivity contribution is -0.133. The molecule has 1 aliphatic heterocycles. The molecule has 1 aliphatic rings. The van der Waals surface area contributed by atoms with Crippen LogP contribution >= 0.6 is 0 Å². The van der Waals surface area contributed by atoms with E-state index < -0.39 is 0 Å². The first kappa shape index (κ1) is 15.5. The number of hydrogen-bond acceptors (Lipinski definition) is 2. The van der Waals surface area contributed by atoms with E-state index >= 15 is 0 Å². The minimum absolute atomic E-state index is 0.280. The Bertz CT molecular complexity index is 241. The molecule has 18 heavy (non-hydrogen) atoms. The molecule has 0 aliphatic carbocycles. The van der Waals surface area contributed by atoms with Crippen molar-refractivity contribution in [2.24, 2.45) is 5.92 Å². The van der Waals surface area contributed by atoms with Crippen molar-refractivity contribution in [1.29, 1.82) is 0 Å². The Balaban J connectivity index is 2.20. The van der Waals surface area contributed by atoms with E-state index in [9.17, 15) is 9.90 Å². The third kappa shape index (κ3) is 5.38. The monoisotopic (exact) mass is 255 g/mol. The van der Waals surface area contributed by atoms with E-state index in [2.05, 4.69) is 6.92 Å². The van der Waals surface area contributed by atoms with Gasteiger partial charge in [-0.3, -0.25) is 4.79 Å². The van der Waals surface area contributed by atoms with Gasteiger partial charge in [0.1, 0.15) is 0 Å². The summed E-state index contributed by atoms with van der Waals surface area (Å²) in [7, 11) is 0. The van der Waals surface area contributed by atoms with E-state index in [1.54, 1.807) is 0 Å². The number of carbonyl (C=O) groups is 1. The van der Waals surface area contributed by atoms with Gasteiger partial charge in [-0.2, -0.15) is 0 Å². The lowest BCUT2D eigenvalue weighted by atomic mass is 9.93. The van der Waals surface area contributed by atoms with Crippen LogP contribution in [0.1, 0.15) is 65.2 Å². The number of amides is 1. The van der Waals surface area contributed by atoms with E-state index in [4.69, 9.17) is 0 Å². The summed E-state index contributed by atoms with van der Waals surface area (Å²) < 4.78 is 0. The van der Waals surface area contributed by atoms with E-state index in [0.29, 0.717) is 6.42 Å². The molecule has 0 bridgehead atoms. The second-order valence-electron chi connectivity index (χ2n) is 5.65. The van der Waals surface area contributed by atoms with Crippen molar-refractivity contribution in [3.63, 3.8) is 0 Å². The van der Waals surface area contributed by atoms with Gasteiger partial charge in [0.2, 0.25) is 5.91 Å². The molecule has 3 nitrogen and oxygen atoms in total. The molecule has 0 aromatic carbocycles. The molecular weight excluding hydrogens is 226 g/mol. The van der Waals surface area contributed by atoms with E-state index in [1.807, 2.05) is 11.8 Å². The standard InChI is InChI=1S/C15H29NO2/c1-3-4-5-6-7-10-15(18)16-11-8-9-14(12-16)13(2)17/h13-14,17H,3-12H2,1-2H3. The highest BCUT2D eigenvalue weighted by Gasteiger charge is 2.25. The average molecular weight is 255 g/mol. The second kappa shape index (κ2) is 8.52. The molecule has 0 spiro atoms. The molecule has 1 rings (SSSR count). The van der Waals surface area contributed by atoms with Gasteiger partial charge in [0.25, 0.3) is 0 Å². The minimum Gasteiger partial charge on any atom is -0.393 e. The molecule has 0 radical (unpaired) electrons. The Morgan fingerprint density at radius 3 is 2.72 bits per heavy atom. The maximum absolute atomic E-state index is 12.0. The normalized spacial score (nSPS) is 21.9. The second-order valence-corrected chi connectivity index (χ2v) is 5.65. The Morgan fingerprint density at radius 2 is 2.06 bits per heavy atom.